The Balaban J connectivity index is 2.46. The molecule has 1 unspecified atom stereocenters. The number of aliphatic carboxylic acids is 1. The second-order valence-electron chi connectivity index (χ2n) is 3.55. The van der Waals surface area contributed by atoms with Gasteiger partial charge in [-0.2, -0.15) is 4.31 Å². The van der Waals surface area contributed by atoms with Gasteiger partial charge in [-0.1, -0.05) is 0 Å². The molecule has 1 saturated heterocycles. The van der Waals surface area contributed by atoms with Crippen LogP contribution < -0.4 is 0 Å². The second kappa shape index (κ2) is 4.91. The van der Waals surface area contributed by atoms with Crippen molar-refractivity contribution < 1.29 is 23.1 Å². The fourth-order valence-corrected chi connectivity index (χ4v) is 2.30. The van der Waals surface area contributed by atoms with Crippen LogP contribution in [0, 0.1) is 0 Å². The van der Waals surface area contributed by atoms with E-state index in [-0.39, 0.29) is 19.1 Å². The monoisotopic (exact) mass is 237 g/mol. The summed E-state index contributed by atoms with van der Waals surface area (Å²) < 4.78 is 29.1. The molecule has 88 valence electrons. The molecule has 0 amide bonds. The van der Waals surface area contributed by atoms with Gasteiger partial charge in [0, 0.05) is 19.5 Å². The maximum Gasteiger partial charge on any atom is 0.303 e. The van der Waals surface area contributed by atoms with Gasteiger partial charge >= 0.3 is 5.97 Å². The lowest BCUT2D eigenvalue weighted by atomic mass is 10.2. The normalized spacial score (nSPS) is 23.9. The molecule has 0 aliphatic carbocycles. The minimum atomic E-state index is -3.19. The van der Waals surface area contributed by atoms with Crippen LogP contribution in [-0.4, -0.2) is 55.9 Å². The van der Waals surface area contributed by atoms with E-state index in [0.717, 1.165) is 6.26 Å². The van der Waals surface area contributed by atoms with Gasteiger partial charge < -0.3 is 9.84 Å². The summed E-state index contributed by atoms with van der Waals surface area (Å²) in [5.41, 5.74) is 0. The highest BCUT2D eigenvalue weighted by atomic mass is 32.2. The van der Waals surface area contributed by atoms with Crippen LogP contribution in [0.15, 0.2) is 0 Å². The van der Waals surface area contributed by atoms with E-state index >= 15 is 0 Å². The fraction of sp³-hybridized carbons (Fsp3) is 0.875. The van der Waals surface area contributed by atoms with Gasteiger partial charge in [-0.05, 0) is 6.42 Å². The molecule has 0 aromatic heterocycles. The molecule has 6 nitrogen and oxygen atoms in total. The molecule has 0 bridgehead atoms. The molecule has 1 atom stereocenters. The van der Waals surface area contributed by atoms with Crippen LogP contribution in [0.2, 0.25) is 0 Å². The molecular formula is C8H15NO5S. The number of ether oxygens (including phenoxy) is 1. The average Bonchev–Trinajstić information content (AvgIpc) is 2.14. The van der Waals surface area contributed by atoms with E-state index in [4.69, 9.17) is 9.84 Å². The Morgan fingerprint density at radius 3 is 2.80 bits per heavy atom. The highest BCUT2D eigenvalue weighted by Gasteiger charge is 2.26. The summed E-state index contributed by atoms with van der Waals surface area (Å²) in [6.45, 7) is 0.936. The van der Waals surface area contributed by atoms with Crippen molar-refractivity contribution in [1.82, 2.24) is 4.31 Å². The van der Waals surface area contributed by atoms with Gasteiger partial charge in [0.2, 0.25) is 10.0 Å². The van der Waals surface area contributed by atoms with E-state index in [2.05, 4.69) is 0 Å². The maximum absolute atomic E-state index is 11.2. The van der Waals surface area contributed by atoms with Gasteiger partial charge in [-0.25, -0.2) is 8.42 Å². The minimum Gasteiger partial charge on any atom is -0.481 e. The number of carboxylic acids is 1. The van der Waals surface area contributed by atoms with Crippen molar-refractivity contribution in [3.63, 3.8) is 0 Å². The summed E-state index contributed by atoms with van der Waals surface area (Å²) in [5.74, 6) is -0.893. The minimum absolute atomic E-state index is 0.00225. The lowest BCUT2D eigenvalue weighted by Crippen LogP contribution is -2.45. The number of sulfonamides is 1. The Labute approximate surface area is 88.9 Å². The topological polar surface area (TPSA) is 83.9 Å². The molecule has 1 aliphatic rings. The summed E-state index contributed by atoms with van der Waals surface area (Å²) >= 11 is 0. The van der Waals surface area contributed by atoms with Crippen LogP contribution in [0.1, 0.15) is 12.8 Å². The van der Waals surface area contributed by atoms with Gasteiger partial charge in [0.15, 0.2) is 0 Å². The quantitative estimate of drug-likeness (QED) is 0.713. The van der Waals surface area contributed by atoms with Crippen molar-refractivity contribution in [3.05, 3.63) is 0 Å². The number of carbonyl (C=O) groups is 1. The lowest BCUT2D eigenvalue weighted by Gasteiger charge is -2.30. The van der Waals surface area contributed by atoms with Gasteiger partial charge in [-0.3, -0.25) is 4.79 Å². The lowest BCUT2D eigenvalue weighted by molar-refractivity contribution is -0.138. The molecule has 15 heavy (non-hydrogen) atoms. The number of rotatable bonds is 4. The van der Waals surface area contributed by atoms with Crippen LogP contribution in [0.5, 0.6) is 0 Å². The molecule has 1 rings (SSSR count). The van der Waals surface area contributed by atoms with E-state index in [1.54, 1.807) is 0 Å². The smallest absolute Gasteiger partial charge is 0.303 e. The molecule has 7 heteroatoms. The average molecular weight is 237 g/mol. The van der Waals surface area contributed by atoms with Crippen molar-refractivity contribution in [2.45, 2.75) is 18.9 Å². The number of hydrogen-bond donors (Lipinski definition) is 1. The van der Waals surface area contributed by atoms with Crippen molar-refractivity contribution in [2.75, 3.05) is 26.0 Å². The van der Waals surface area contributed by atoms with Crippen molar-refractivity contribution >= 4 is 16.0 Å². The summed E-state index contributed by atoms with van der Waals surface area (Å²) in [7, 11) is -3.19. The van der Waals surface area contributed by atoms with E-state index in [0.29, 0.717) is 19.6 Å². The van der Waals surface area contributed by atoms with E-state index in [1.165, 1.54) is 4.31 Å². The molecular weight excluding hydrogens is 222 g/mol. The summed E-state index contributed by atoms with van der Waals surface area (Å²) in [5, 5.41) is 8.48. The largest absolute Gasteiger partial charge is 0.481 e. The Bertz CT molecular complexity index is 326. The molecule has 0 spiro atoms. The molecule has 1 aliphatic heterocycles. The van der Waals surface area contributed by atoms with Crippen molar-refractivity contribution in [1.29, 1.82) is 0 Å². The van der Waals surface area contributed by atoms with Crippen molar-refractivity contribution in [2.24, 2.45) is 0 Å². The first-order valence-corrected chi connectivity index (χ1v) is 6.53. The maximum atomic E-state index is 11.2. The number of nitrogens with zero attached hydrogens (tertiary/aromatic N) is 1. The first-order chi connectivity index (χ1) is 6.89. The zero-order valence-corrected chi connectivity index (χ0v) is 9.37. The van der Waals surface area contributed by atoms with Crippen LogP contribution in [0.3, 0.4) is 0 Å². The van der Waals surface area contributed by atoms with Gasteiger partial charge in [-0.15, -0.1) is 0 Å². The molecule has 0 aromatic carbocycles. The van der Waals surface area contributed by atoms with E-state index < -0.39 is 16.0 Å². The Hall–Kier alpha value is -0.660. The summed E-state index contributed by atoms with van der Waals surface area (Å²) in [6.07, 6.45) is 1.19. The first kappa shape index (κ1) is 12.4. The van der Waals surface area contributed by atoms with Gasteiger partial charge in [0.25, 0.3) is 0 Å². The van der Waals surface area contributed by atoms with Crippen LogP contribution in [0.4, 0.5) is 0 Å². The Morgan fingerprint density at radius 1 is 1.60 bits per heavy atom. The van der Waals surface area contributed by atoms with Gasteiger partial charge in [0.05, 0.1) is 19.0 Å². The third-order valence-electron chi connectivity index (χ3n) is 2.25. The van der Waals surface area contributed by atoms with E-state index in [1.807, 2.05) is 0 Å². The number of hydrogen-bond acceptors (Lipinski definition) is 4. The number of morpholine rings is 1. The summed E-state index contributed by atoms with van der Waals surface area (Å²) in [6, 6.07) is 0. The van der Waals surface area contributed by atoms with Crippen molar-refractivity contribution in [3.8, 4) is 0 Å². The second-order valence-corrected chi connectivity index (χ2v) is 5.53. The predicted octanol–water partition coefficient (Wildman–Crippen LogP) is -0.488. The Kier molecular flexibility index (Phi) is 4.06. The molecule has 1 N–H and O–H groups in total. The van der Waals surface area contributed by atoms with Crippen LogP contribution in [-0.2, 0) is 19.6 Å². The SMILES string of the molecule is CS(=O)(=O)N1CCOC(CCC(=O)O)C1. The standard InChI is InChI=1S/C8H15NO5S/c1-15(12,13)9-4-5-14-7(6-9)2-3-8(10)11/h7H,2-6H2,1H3,(H,10,11). The van der Waals surface area contributed by atoms with Gasteiger partial charge in [0.1, 0.15) is 0 Å². The van der Waals surface area contributed by atoms with E-state index in [9.17, 15) is 13.2 Å². The number of carboxylic acid groups (broad SMARTS) is 1. The zero-order chi connectivity index (χ0) is 11.5. The van der Waals surface area contributed by atoms with Crippen LogP contribution >= 0.6 is 0 Å². The molecule has 1 heterocycles. The Morgan fingerprint density at radius 2 is 2.27 bits per heavy atom. The zero-order valence-electron chi connectivity index (χ0n) is 8.55. The predicted molar refractivity (Wildman–Crippen MR) is 53.0 cm³/mol. The summed E-state index contributed by atoms with van der Waals surface area (Å²) in [4.78, 5) is 10.3. The molecule has 1 fully saturated rings. The molecule has 0 radical (unpaired) electrons. The first-order valence-electron chi connectivity index (χ1n) is 4.68. The highest BCUT2D eigenvalue weighted by molar-refractivity contribution is 7.88. The molecule has 0 aromatic rings. The highest BCUT2D eigenvalue weighted by Crippen LogP contribution is 2.12. The third-order valence-corrected chi connectivity index (χ3v) is 3.52. The molecule has 0 saturated carbocycles. The third kappa shape index (κ3) is 4.15. The van der Waals surface area contributed by atoms with Crippen LogP contribution in [0.25, 0.3) is 0 Å². The fourth-order valence-electron chi connectivity index (χ4n) is 1.45.